The molecule has 0 aliphatic carbocycles. The molecule has 7 heteroatoms. The number of hydrogen-bond acceptors (Lipinski definition) is 4. The van der Waals surface area contributed by atoms with E-state index in [0.717, 1.165) is 46.6 Å². The van der Waals surface area contributed by atoms with E-state index in [1.165, 1.54) is 0 Å². The number of carbonyl (C=O) groups is 1. The molecule has 27 heavy (non-hydrogen) atoms. The van der Waals surface area contributed by atoms with Gasteiger partial charge in [0.15, 0.2) is 11.5 Å². The summed E-state index contributed by atoms with van der Waals surface area (Å²) in [4.78, 5) is 14.9. The van der Waals surface area contributed by atoms with E-state index in [-0.39, 0.29) is 11.9 Å². The van der Waals surface area contributed by atoms with Crippen molar-refractivity contribution >= 4 is 27.5 Å². The van der Waals surface area contributed by atoms with Gasteiger partial charge in [-0.05, 0) is 65.0 Å². The van der Waals surface area contributed by atoms with Crippen molar-refractivity contribution in [3.8, 4) is 5.75 Å². The molecule has 1 amide bonds. The van der Waals surface area contributed by atoms with E-state index in [1.54, 1.807) is 7.11 Å². The summed E-state index contributed by atoms with van der Waals surface area (Å²) in [5, 5.41) is 8.59. The Morgan fingerprint density at radius 1 is 1.30 bits per heavy atom. The molecule has 3 aromatic rings. The summed E-state index contributed by atoms with van der Waals surface area (Å²) < 4.78 is 8.15. The van der Waals surface area contributed by atoms with E-state index in [4.69, 9.17) is 4.74 Å². The number of aromatic nitrogens is 3. The van der Waals surface area contributed by atoms with Crippen LogP contribution in [-0.2, 0) is 11.2 Å². The Kier molecular flexibility index (Phi) is 5.11. The first-order valence-corrected chi connectivity index (χ1v) is 9.88. The Labute approximate surface area is 166 Å². The molecule has 1 aromatic carbocycles. The quantitative estimate of drug-likeness (QED) is 0.619. The summed E-state index contributed by atoms with van der Waals surface area (Å²) in [6, 6.07) is 11.8. The molecule has 0 spiro atoms. The number of rotatable bonds is 5. The molecule has 1 saturated heterocycles. The number of nitrogens with zero attached hydrogens (tertiary/aromatic N) is 4. The number of methoxy groups -OCH3 is 1. The number of aryl methyl sites for hydroxylation is 1. The van der Waals surface area contributed by atoms with Gasteiger partial charge in [-0.25, -0.2) is 0 Å². The number of ether oxygens (including phenoxy) is 1. The van der Waals surface area contributed by atoms with E-state index in [0.29, 0.717) is 12.8 Å². The Morgan fingerprint density at radius 3 is 3.00 bits per heavy atom. The van der Waals surface area contributed by atoms with Gasteiger partial charge >= 0.3 is 0 Å². The van der Waals surface area contributed by atoms with Crippen molar-refractivity contribution in [2.75, 3.05) is 13.7 Å². The average molecular weight is 429 g/mol. The van der Waals surface area contributed by atoms with Crippen LogP contribution in [0.2, 0.25) is 0 Å². The molecular formula is C20H21BrN4O2. The lowest BCUT2D eigenvalue weighted by Gasteiger charge is -2.23. The summed E-state index contributed by atoms with van der Waals surface area (Å²) in [6.45, 7) is 0.775. The number of fused-ring (bicyclic) bond motifs is 1. The molecule has 6 nitrogen and oxygen atoms in total. The minimum absolute atomic E-state index is 0.00231. The van der Waals surface area contributed by atoms with Gasteiger partial charge in [-0.1, -0.05) is 12.1 Å². The number of benzene rings is 1. The van der Waals surface area contributed by atoms with Crippen LogP contribution in [0, 0.1) is 0 Å². The van der Waals surface area contributed by atoms with Crippen molar-refractivity contribution in [2.45, 2.75) is 31.7 Å². The van der Waals surface area contributed by atoms with Crippen LogP contribution in [0.25, 0.3) is 5.65 Å². The van der Waals surface area contributed by atoms with Gasteiger partial charge in [0, 0.05) is 19.2 Å². The molecule has 4 rings (SSSR count). The van der Waals surface area contributed by atoms with Gasteiger partial charge in [-0.2, -0.15) is 0 Å². The van der Waals surface area contributed by atoms with Crippen LogP contribution < -0.4 is 4.74 Å². The SMILES string of the molecule is COc1ccc(CCC(=O)N2CCCC2c2nnc3ccccn23)cc1Br. The van der Waals surface area contributed by atoms with E-state index in [2.05, 4.69) is 26.1 Å². The van der Waals surface area contributed by atoms with Crippen molar-refractivity contribution in [2.24, 2.45) is 0 Å². The number of amides is 1. The lowest BCUT2D eigenvalue weighted by molar-refractivity contribution is -0.132. The molecule has 1 aliphatic rings. The molecule has 3 heterocycles. The van der Waals surface area contributed by atoms with Gasteiger partial charge in [0.1, 0.15) is 5.75 Å². The van der Waals surface area contributed by atoms with E-state index in [9.17, 15) is 4.79 Å². The third kappa shape index (κ3) is 3.56. The van der Waals surface area contributed by atoms with E-state index in [1.807, 2.05) is 51.9 Å². The summed E-state index contributed by atoms with van der Waals surface area (Å²) >= 11 is 3.50. The maximum atomic E-state index is 12.9. The summed E-state index contributed by atoms with van der Waals surface area (Å²) in [5.41, 5.74) is 1.93. The largest absolute Gasteiger partial charge is 0.496 e. The lowest BCUT2D eigenvalue weighted by atomic mass is 10.1. The van der Waals surface area contributed by atoms with Crippen LogP contribution in [0.1, 0.15) is 36.7 Å². The molecule has 0 radical (unpaired) electrons. The second-order valence-corrected chi connectivity index (χ2v) is 7.56. The van der Waals surface area contributed by atoms with Gasteiger partial charge in [0.25, 0.3) is 0 Å². The predicted molar refractivity (Wildman–Crippen MR) is 106 cm³/mol. The summed E-state index contributed by atoms with van der Waals surface area (Å²) in [6.07, 6.45) is 5.06. The number of carbonyl (C=O) groups excluding carboxylic acids is 1. The summed E-state index contributed by atoms with van der Waals surface area (Å²) in [7, 11) is 1.64. The fraction of sp³-hybridized carbons (Fsp3) is 0.350. The van der Waals surface area contributed by atoms with Crippen LogP contribution in [0.5, 0.6) is 5.75 Å². The first-order chi connectivity index (χ1) is 13.2. The van der Waals surface area contributed by atoms with Gasteiger partial charge in [-0.3, -0.25) is 9.20 Å². The summed E-state index contributed by atoms with van der Waals surface area (Å²) in [5.74, 6) is 1.81. The Bertz CT molecular complexity index is 972. The first-order valence-electron chi connectivity index (χ1n) is 9.09. The van der Waals surface area contributed by atoms with Crippen LogP contribution >= 0.6 is 15.9 Å². The molecule has 0 bridgehead atoms. The lowest BCUT2D eigenvalue weighted by Crippen LogP contribution is -2.31. The Balaban J connectivity index is 1.47. The van der Waals surface area contributed by atoms with Crippen LogP contribution in [0.15, 0.2) is 47.1 Å². The zero-order valence-corrected chi connectivity index (χ0v) is 16.7. The molecule has 1 aliphatic heterocycles. The number of pyridine rings is 1. The molecule has 2 aromatic heterocycles. The Morgan fingerprint density at radius 2 is 2.19 bits per heavy atom. The minimum Gasteiger partial charge on any atom is -0.496 e. The molecule has 1 unspecified atom stereocenters. The minimum atomic E-state index is -0.00231. The van der Waals surface area contributed by atoms with E-state index < -0.39 is 0 Å². The third-order valence-corrected chi connectivity index (χ3v) is 5.67. The average Bonchev–Trinajstić information content (AvgIpc) is 3.32. The zero-order chi connectivity index (χ0) is 18.8. The van der Waals surface area contributed by atoms with Gasteiger partial charge in [0.05, 0.1) is 17.6 Å². The highest BCUT2D eigenvalue weighted by molar-refractivity contribution is 9.10. The highest BCUT2D eigenvalue weighted by Gasteiger charge is 2.32. The molecule has 1 atom stereocenters. The predicted octanol–water partition coefficient (Wildman–Crippen LogP) is 3.80. The van der Waals surface area contributed by atoms with Gasteiger partial charge in [-0.15, -0.1) is 10.2 Å². The topological polar surface area (TPSA) is 59.7 Å². The monoisotopic (exact) mass is 428 g/mol. The molecule has 0 saturated carbocycles. The molecule has 1 fully saturated rings. The standard InChI is InChI=1S/C20H21BrN4O2/c1-27-17-9-7-14(13-15(17)21)8-10-19(26)24-12-4-5-16(24)20-23-22-18-6-2-3-11-25(18)20/h2-3,6-7,9,11,13,16H,4-5,8,10,12H2,1H3. The van der Waals surface area contributed by atoms with Gasteiger partial charge in [0.2, 0.25) is 5.91 Å². The van der Waals surface area contributed by atoms with Crippen molar-refractivity contribution in [1.29, 1.82) is 0 Å². The number of likely N-dealkylation sites (tertiary alicyclic amines) is 1. The van der Waals surface area contributed by atoms with E-state index >= 15 is 0 Å². The third-order valence-electron chi connectivity index (χ3n) is 5.06. The smallest absolute Gasteiger partial charge is 0.223 e. The highest BCUT2D eigenvalue weighted by Crippen LogP contribution is 2.32. The fourth-order valence-electron chi connectivity index (χ4n) is 3.68. The number of halogens is 1. The Hall–Kier alpha value is -2.41. The molecule has 0 N–H and O–H groups in total. The fourth-order valence-corrected chi connectivity index (χ4v) is 4.27. The van der Waals surface area contributed by atoms with Crippen LogP contribution in [0.4, 0.5) is 0 Å². The van der Waals surface area contributed by atoms with Crippen LogP contribution in [-0.4, -0.2) is 39.1 Å². The second-order valence-electron chi connectivity index (χ2n) is 6.70. The van der Waals surface area contributed by atoms with Crippen molar-refractivity contribution in [3.05, 3.63) is 58.5 Å². The maximum Gasteiger partial charge on any atom is 0.223 e. The van der Waals surface area contributed by atoms with Crippen molar-refractivity contribution in [1.82, 2.24) is 19.5 Å². The molecular weight excluding hydrogens is 408 g/mol. The normalized spacial score (nSPS) is 16.8. The second kappa shape index (κ2) is 7.68. The van der Waals surface area contributed by atoms with Crippen molar-refractivity contribution < 1.29 is 9.53 Å². The molecule has 140 valence electrons. The van der Waals surface area contributed by atoms with Crippen LogP contribution in [0.3, 0.4) is 0 Å². The highest BCUT2D eigenvalue weighted by atomic mass is 79.9. The zero-order valence-electron chi connectivity index (χ0n) is 15.1. The van der Waals surface area contributed by atoms with Crippen molar-refractivity contribution in [3.63, 3.8) is 0 Å². The maximum absolute atomic E-state index is 12.9. The van der Waals surface area contributed by atoms with Gasteiger partial charge < -0.3 is 9.64 Å². The number of hydrogen-bond donors (Lipinski definition) is 0. The first kappa shape index (κ1) is 18.0.